The summed E-state index contributed by atoms with van der Waals surface area (Å²) in [5, 5.41) is 0. The molecular formula is C24H27N3O3. The van der Waals surface area contributed by atoms with Crippen LogP contribution in [0.1, 0.15) is 39.1 Å². The van der Waals surface area contributed by atoms with Crippen LogP contribution in [0.4, 0.5) is 5.69 Å². The summed E-state index contributed by atoms with van der Waals surface area (Å²) in [6, 6.07) is 14.8. The number of para-hydroxylation sites is 1. The lowest BCUT2D eigenvalue weighted by atomic mass is 10.1. The molecule has 2 aromatic carbocycles. The van der Waals surface area contributed by atoms with Crippen LogP contribution in [0.5, 0.6) is 0 Å². The zero-order valence-corrected chi connectivity index (χ0v) is 17.5. The van der Waals surface area contributed by atoms with Crippen molar-refractivity contribution < 1.29 is 14.4 Å². The highest BCUT2D eigenvalue weighted by Gasteiger charge is 2.34. The molecule has 1 aliphatic heterocycles. The minimum Gasteiger partial charge on any atom is -0.335 e. The van der Waals surface area contributed by atoms with Crippen molar-refractivity contribution >= 4 is 23.4 Å². The largest absolute Gasteiger partial charge is 0.335 e. The van der Waals surface area contributed by atoms with Gasteiger partial charge in [0, 0.05) is 44.7 Å². The number of anilines is 1. The first-order chi connectivity index (χ1) is 14.5. The highest BCUT2D eigenvalue weighted by Crippen LogP contribution is 2.33. The summed E-state index contributed by atoms with van der Waals surface area (Å²) in [7, 11) is 1.74. The molecule has 156 valence electrons. The van der Waals surface area contributed by atoms with Gasteiger partial charge in [0.15, 0.2) is 0 Å². The molecule has 2 aromatic rings. The van der Waals surface area contributed by atoms with E-state index in [2.05, 4.69) is 0 Å². The molecule has 0 aromatic heterocycles. The van der Waals surface area contributed by atoms with Crippen LogP contribution in [-0.2, 0) is 4.79 Å². The van der Waals surface area contributed by atoms with Gasteiger partial charge in [0.2, 0.25) is 5.91 Å². The molecule has 1 heterocycles. The minimum atomic E-state index is -0.0940. The Morgan fingerprint density at radius 1 is 0.833 bits per heavy atom. The lowest BCUT2D eigenvalue weighted by Gasteiger charge is -2.35. The van der Waals surface area contributed by atoms with E-state index >= 15 is 0 Å². The van der Waals surface area contributed by atoms with Crippen molar-refractivity contribution in [1.29, 1.82) is 0 Å². The van der Waals surface area contributed by atoms with Gasteiger partial charge in [-0.1, -0.05) is 29.8 Å². The maximum absolute atomic E-state index is 13.2. The number of aryl methyl sites for hydroxylation is 1. The minimum absolute atomic E-state index is 0.00253. The third kappa shape index (κ3) is 4.08. The third-order valence-corrected chi connectivity index (χ3v) is 5.91. The SMILES string of the molecule is Cc1ccc(C(=O)N2CCN(C(=O)c3ccccc3N(C)C(=O)C3CC3)CC2)cc1. The molecule has 6 nitrogen and oxygen atoms in total. The van der Waals surface area contributed by atoms with Crippen LogP contribution in [0.3, 0.4) is 0 Å². The standard InChI is InChI=1S/C24H27N3O3/c1-17-7-9-19(10-8-17)23(29)26-13-15-27(16-14-26)24(30)20-5-3-4-6-21(20)25(2)22(28)18-11-12-18/h3-10,18H,11-16H2,1-2H3. The van der Waals surface area contributed by atoms with Gasteiger partial charge >= 0.3 is 0 Å². The van der Waals surface area contributed by atoms with Gasteiger partial charge in [-0.2, -0.15) is 0 Å². The predicted octanol–water partition coefficient (Wildman–Crippen LogP) is 2.97. The molecule has 30 heavy (non-hydrogen) atoms. The summed E-state index contributed by atoms with van der Waals surface area (Å²) < 4.78 is 0. The zero-order valence-electron chi connectivity index (χ0n) is 17.5. The number of amides is 3. The topological polar surface area (TPSA) is 60.9 Å². The van der Waals surface area contributed by atoms with Crippen molar-refractivity contribution in [2.24, 2.45) is 5.92 Å². The normalized spacial score (nSPS) is 16.3. The number of benzene rings is 2. The lowest BCUT2D eigenvalue weighted by molar-refractivity contribution is -0.119. The second-order valence-corrected chi connectivity index (χ2v) is 8.14. The second-order valence-electron chi connectivity index (χ2n) is 8.14. The number of carbonyl (C=O) groups excluding carboxylic acids is 3. The molecule has 1 saturated heterocycles. The van der Waals surface area contributed by atoms with Crippen molar-refractivity contribution in [3.63, 3.8) is 0 Å². The lowest BCUT2D eigenvalue weighted by Crippen LogP contribution is -2.50. The number of piperazine rings is 1. The van der Waals surface area contributed by atoms with E-state index in [-0.39, 0.29) is 23.6 Å². The van der Waals surface area contributed by atoms with E-state index in [0.29, 0.717) is 43.0 Å². The highest BCUT2D eigenvalue weighted by atomic mass is 16.2. The van der Waals surface area contributed by atoms with Crippen molar-refractivity contribution in [2.45, 2.75) is 19.8 Å². The van der Waals surface area contributed by atoms with Gasteiger partial charge in [0.05, 0.1) is 11.3 Å². The molecule has 6 heteroatoms. The Balaban J connectivity index is 1.43. The Morgan fingerprint density at radius 2 is 1.40 bits per heavy atom. The smallest absolute Gasteiger partial charge is 0.256 e. The van der Waals surface area contributed by atoms with Crippen LogP contribution in [-0.4, -0.2) is 60.7 Å². The molecule has 0 bridgehead atoms. The average Bonchev–Trinajstić information content (AvgIpc) is 3.63. The van der Waals surface area contributed by atoms with Crippen molar-refractivity contribution in [3.8, 4) is 0 Å². The Labute approximate surface area is 177 Å². The first-order valence-electron chi connectivity index (χ1n) is 10.5. The number of hydrogen-bond donors (Lipinski definition) is 0. The summed E-state index contributed by atoms with van der Waals surface area (Å²) in [4.78, 5) is 43.6. The second kappa shape index (κ2) is 8.30. The molecule has 0 radical (unpaired) electrons. The monoisotopic (exact) mass is 405 g/mol. The Hall–Kier alpha value is -3.15. The van der Waals surface area contributed by atoms with Crippen LogP contribution in [0.15, 0.2) is 48.5 Å². The fourth-order valence-corrected chi connectivity index (χ4v) is 3.83. The molecule has 0 atom stereocenters. The van der Waals surface area contributed by atoms with E-state index in [1.807, 2.05) is 49.4 Å². The van der Waals surface area contributed by atoms with Crippen LogP contribution in [0.2, 0.25) is 0 Å². The Morgan fingerprint density at radius 3 is 2.00 bits per heavy atom. The van der Waals surface area contributed by atoms with Crippen molar-refractivity contribution in [2.75, 3.05) is 38.1 Å². The van der Waals surface area contributed by atoms with Gasteiger partial charge in [-0.05, 0) is 44.0 Å². The molecule has 2 fully saturated rings. The fourth-order valence-electron chi connectivity index (χ4n) is 3.83. The zero-order chi connectivity index (χ0) is 21.3. The van der Waals surface area contributed by atoms with E-state index in [0.717, 1.165) is 18.4 Å². The molecule has 0 spiro atoms. The van der Waals surface area contributed by atoms with E-state index in [1.54, 1.807) is 27.8 Å². The summed E-state index contributed by atoms with van der Waals surface area (Å²) in [6.07, 6.45) is 1.85. The maximum Gasteiger partial charge on any atom is 0.256 e. The van der Waals surface area contributed by atoms with Crippen LogP contribution >= 0.6 is 0 Å². The molecule has 3 amide bonds. The van der Waals surface area contributed by atoms with Crippen molar-refractivity contribution in [3.05, 3.63) is 65.2 Å². The van der Waals surface area contributed by atoms with E-state index in [4.69, 9.17) is 0 Å². The molecule has 0 N–H and O–H groups in total. The summed E-state index contributed by atoms with van der Waals surface area (Å²) in [5.41, 5.74) is 2.97. The van der Waals surface area contributed by atoms with E-state index in [1.165, 1.54) is 0 Å². The van der Waals surface area contributed by atoms with E-state index < -0.39 is 0 Å². The number of carbonyl (C=O) groups is 3. The summed E-state index contributed by atoms with van der Waals surface area (Å²) in [5.74, 6) is 0.0685. The van der Waals surface area contributed by atoms with Crippen molar-refractivity contribution in [1.82, 2.24) is 9.80 Å². The van der Waals surface area contributed by atoms with Gasteiger partial charge in [0.25, 0.3) is 11.8 Å². The average molecular weight is 405 g/mol. The highest BCUT2D eigenvalue weighted by molar-refractivity contribution is 6.05. The van der Waals surface area contributed by atoms with Gasteiger partial charge in [-0.25, -0.2) is 0 Å². The molecule has 0 unspecified atom stereocenters. The number of rotatable bonds is 4. The number of nitrogens with zero attached hydrogens (tertiary/aromatic N) is 3. The first-order valence-corrected chi connectivity index (χ1v) is 10.5. The van der Waals surface area contributed by atoms with Crippen LogP contribution < -0.4 is 4.90 Å². The van der Waals surface area contributed by atoms with Gasteiger partial charge in [-0.15, -0.1) is 0 Å². The van der Waals surface area contributed by atoms with Crippen LogP contribution in [0, 0.1) is 12.8 Å². The molecular weight excluding hydrogens is 378 g/mol. The molecule has 1 saturated carbocycles. The molecule has 4 rings (SSSR count). The van der Waals surface area contributed by atoms with E-state index in [9.17, 15) is 14.4 Å². The fraction of sp³-hybridized carbons (Fsp3) is 0.375. The Bertz CT molecular complexity index is 958. The van der Waals surface area contributed by atoms with Crippen LogP contribution in [0.25, 0.3) is 0 Å². The van der Waals surface area contributed by atoms with Gasteiger partial charge < -0.3 is 14.7 Å². The third-order valence-electron chi connectivity index (χ3n) is 5.91. The van der Waals surface area contributed by atoms with Gasteiger partial charge in [0.1, 0.15) is 0 Å². The number of hydrogen-bond acceptors (Lipinski definition) is 3. The quantitative estimate of drug-likeness (QED) is 0.786. The first kappa shape index (κ1) is 20.1. The summed E-state index contributed by atoms with van der Waals surface area (Å²) in [6.45, 7) is 3.94. The van der Waals surface area contributed by atoms with Gasteiger partial charge in [-0.3, -0.25) is 14.4 Å². The Kier molecular flexibility index (Phi) is 5.57. The molecule has 2 aliphatic rings. The maximum atomic E-state index is 13.2. The molecule has 1 aliphatic carbocycles. The predicted molar refractivity (Wildman–Crippen MR) is 116 cm³/mol. The summed E-state index contributed by atoms with van der Waals surface area (Å²) >= 11 is 0.